The predicted octanol–water partition coefficient (Wildman–Crippen LogP) is 5.46. The third-order valence-corrected chi connectivity index (χ3v) is 6.90. The minimum absolute atomic E-state index is 0.0669. The van der Waals surface area contributed by atoms with Gasteiger partial charge in [0.05, 0.1) is 24.5 Å². The van der Waals surface area contributed by atoms with Crippen LogP contribution < -0.4 is 9.62 Å². The van der Waals surface area contributed by atoms with Gasteiger partial charge in [-0.1, -0.05) is 61.0 Å². The first-order valence-electron chi connectivity index (χ1n) is 11.1. The Labute approximate surface area is 197 Å². The van der Waals surface area contributed by atoms with E-state index in [-0.39, 0.29) is 18.5 Å². The summed E-state index contributed by atoms with van der Waals surface area (Å²) in [6, 6.07) is 21.0. The Morgan fingerprint density at radius 2 is 1.52 bits per heavy atom. The molecule has 0 radical (unpaired) electrons. The van der Waals surface area contributed by atoms with Crippen LogP contribution in [0, 0.1) is 20.8 Å². The Bertz CT molecular complexity index is 1220. The van der Waals surface area contributed by atoms with Crippen LogP contribution in [0.5, 0.6) is 0 Å². The lowest BCUT2D eigenvalue weighted by atomic mass is 10.0. The van der Waals surface area contributed by atoms with Gasteiger partial charge in [-0.3, -0.25) is 9.10 Å². The lowest BCUT2D eigenvalue weighted by Crippen LogP contribution is -2.30. The van der Waals surface area contributed by atoms with Crippen molar-refractivity contribution in [2.24, 2.45) is 0 Å². The van der Waals surface area contributed by atoms with E-state index in [9.17, 15) is 13.2 Å². The van der Waals surface area contributed by atoms with Crippen LogP contribution in [-0.4, -0.2) is 20.6 Å². The van der Waals surface area contributed by atoms with Crippen LogP contribution in [0.3, 0.4) is 0 Å². The predicted molar refractivity (Wildman–Crippen MR) is 135 cm³/mol. The van der Waals surface area contributed by atoms with E-state index in [0.29, 0.717) is 11.3 Å². The standard InChI is InChI=1S/C27H32N2O3S/c1-6-25(23-13-8-19(2)9-14-23)28-27(30)24-15-11-22(12-16-24)18-29(33(5,31)32)26-17-20(3)7-10-21(26)4/h7-17,25H,6,18H2,1-5H3,(H,28,30)/t25-/m1/s1. The Hall–Kier alpha value is -3.12. The second-order valence-electron chi connectivity index (χ2n) is 8.60. The van der Waals surface area contributed by atoms with Crippen LogP contribution in [-0.2, 0) is 16.6 Å². The molecule has 3 aromatic rings. The molecule has 3 aromatic carbocycles. The average molecular weight is 465 g/mol. The zero-order valence-electron chi connectivity index (χ0n) is 19.9. The number of hydrogen-bond acceptors (Lipinski definition) is 3. The van der Waals surface area contributed by atoms with Gasteiger partial charge in [0.25, 0.3) is 5.91 Å². The molecule has 1 N–H and O–H groups in total. The van der Waals surface area contributed by atoms with Gasteiger partial charge in [-0.25, -0.2) is 8.42 Å². The minimum atomic E-state index is -3.48. The molecule has 0 saturated heterocycles. The SMILES string of the molecule is CC[C@@H](NC(=O)c1ccc(CN(c2cc(C)ccc2C)S(C)(=O)=O)cc1)c1ccc(C)cc1. The molecule has 0 heterocycles. The van der Waals surface area contributed by atoms with Crippen molar-refractivity contribution >= 4 is 21.6 Å². The van der Waals surface area contributed by atoms with Gasteiger partial charge in [0.15, 0.2) is 0 Å². The molecule has 0 bridgehead atoms. The lowest BCUT2D eigenvalue weighted by Gasteiger charge is -2.25. The fourth-order valence-electron chi connectivity index (χ4n) is 3.76. The van der Waals surface area contributed by atoms with E-state index in [1.54, 1.807) is 12.1 Å². The molecule has 0 unspecified atom stereocenters. The van der Waals surface area contributed by atoms with E-state index in [1.165, 1.54) is 16.1 Å². The molecule has 0 aliphatic carbocycles. The Balaban J connectivity index is 1.77. The summed E-state index contributed by atoms with van der Waals surface area (Å²) in [5.41, 5.74) is 6.16. The molecule has 0 spiro atoms. The van der Waals surface area contributed by atoms with Crippen LogP contribution in [0.15, 0.2) is 66.7 Å². The summed E-state index contributed by atoms with van der Waals surface area (Å²) < 4.78 is 26.5. The van der Waals surface area contributed by atoms with Gasteiger partial charge in [0, 0.05) is 5.56 Å². The van der Waals surface area contributed by atoms with E-state index < -0.39 is 10.0 Å². The van der Waals surface area contributed by atoms with Crippen LogP contribution in [0.1, 0.15) is 57.6 Å². The van der Waals surface area contributed by atoms with Crippen LogP contribution in [0.25, 0.3) is 0 Å². The fraction of sp³-hybridized carbons (Fsp3) is 0.296. The molecule has 6 heteroatoms. The van der Waals surface area contributed by atoms with Crippen molar-refractivity contribution in [2.75, 3.05) is 10.6 Å². The van der Waals surface area contributed by atoms with E-state index >= 15 is 0 Å². The summed E-state index contributed by atoms with van der Waals surface area (Å²) in [5, 5.41) is 3.10. The minimum Gasteiger partial charge on any atom is -0.345 e. The maximum absolute atomic E-state index is 12.8. The smallest absolute Gasteiger partial charge is 0.251 e. The summed E-state index contributed by atoms with van der Waals surface area (Å²) in [4.78, 5) is 12.8. The molecule has 1 atom stereocenters. The van der Waals surface area contributed by atoms with E-state index in [4.69, 9.17) is 0 Å². The van der Waals surface area contributed by atoms with Crippen LogP contribution in [0.4, 0.5) is 5.69 Å². The number of nitrogens with zero attached hydrogens (tertiary/aromatic N) is 1. The zero-order chi connectivity index (χ0) is 24.2. The zero-order valence-corrected chi connectivity index (χ0v) is 20.7. The summed E-state index contributed by atoms with van der Waals surface area (Å²) in [7, 11) is -3.48. The Morgan fingerprint density at radius 3 is 2.09 bits per heavy atom. The second kappa shape index (κ2) is 10.2. The number of carbonyl (C=O) groups excluding carboxylic acids is 1. The summed E-state index contributed by atoms with van der Waals surface area (Å²) in [5.74, 6) is -0.150. The average Bonchev–Trinajstić information content (AvgIpc) is 2.78. The molecule has 174 valence electrons. The number of aryl methyl sites for hydroxylation is 3. The van der Waals surface area contributed by atoms with E-state index in [2.05, 4.69) is 5.32 Å². The highest BCUT2D eigenvalue weighted by atomic mass is 32.2. The van der Waals surface area contributed by atoms with Crippen molar-refractivity contribution in [1.82, 2.24) is 5.32 Å². The summed E-state index contributed by atoms with van der Waals surface area (Å²) in [6.07, 6.45) is 2.00. The summed E-state index contributed by atoms with van der Waals surface area (Å²) in [6.45, 7) is 8.12. The molecule has 0 fully saturated rings. The Kier molecular flexibility index (Phi) is 7.59. The molecule has 1 amide bonds. The number of rotatable bonds is 8. The number of sulfonamides is 1. The van der Waals surface area contributed by atoms with Crippen molar-refractivity contribution < 1.29 is 13.2 Å². The van der Waals surface area contributed by atoms with Crippen molar-refractivity contribution in [1.29, 1.82) is 0 Å². The van der Waals surface area contributed by atoms with Crippen LogP contribution >= 0.6 is 0 Å². The van der Waals surface area contributed by atoms with Crippen molar-refractivity contribution in [3.05, 3.63) is 100 Å². The van der Waals surface area contributed by atoms with Crippen molar-refractivity contribution in [3.8, 4) is 0 Å². The normalized spacial score (nSPS) is 12.3. The first-order chi connectivity index (χ1) is 15.6. The molecule has 33 heavy (non-hydrogen) atoms. The molecule has 0 aliphatic rings. The number of carbonyl (C=O) groups is 1. The third kappa shape index (κ3) is 6.23. The molecular formula is C27H32N2O3S. The fourth-order valence-corrected chi connectivity index (χ4v) is 4.70. The Morgan fingerprint density at radius 1 is 0.909 bits per heavy atom. The first-order valence-corrected chi connectivity index (χ1v) is 12.9. The quantitative estimate of drug-likeness (QED) is 0.481. The van der Waals surface area contributed by atoms with Gasteiger partial charge in [-0.2, -0.15) is 0 Å². The molecule has 0 aromatic heterocycles. The van der Waals surface area contributed by atoms with E-state index in [0.717, 1.165) is 28.7 Å². The molecule has 0 aliphatic heterocycles. The molecular weight excluding hydrogens is 432 g/mol. The maximum atomic E-state index is 12.8. The van der Waals surface area contributed by atoms with Gasteiger partial charge in [-0.05, 0) is 67.6 Å². The number of amides is 1. The molecule has 3 rings (SSSR count). The summed E-state index contributed by atoms with van der Waals surface area (Å²) >= 11 is 0. The third-order valence-electron chi connectivity index (χ3n) is 5.77. The van der Waals surface area contributed by atoms with Gasteiger partial charge < -0.3 is 5.32 Å². The van der Waals surface area contributed by atoms with Gasteiger partial charge in [0.2, 0.25) is 10.0 Å². The van der Waals surface area contributed by atoms with Crippen molar-refractivity contribution in [2.45, 2.75) is 46.7 Å². The number of anilines is 1. The van der Waals surface area contributed by atoms with Gasteiger partial charge in [0.1, 0.15) is 0 Å². The van der Waals surface area contributed by atoms with Gasteiger partial charge >= 0.3 is 0 Å². The first kappa shape index (κ1) is 24.5. The molecule has 5 nitrogen and oxygen atoms in total. The highest BCUT2D eigenvalue weighted by molar-refractivity contribution is 7.92. The van der Waals surface area contributed by atoms with Crippen LogP contribution in [0.2, 0.25) is 0 Å². The highest BCUT2D eigenvalue weighted by Gasteiger charge is 2.20. The largest absolute Gasteiger partial charge is 0.345 e. The second-order valence-corrected chi connectivity index (χ2v) is 10.5. The number of nitrogens with one attached hydrogen (secondary N) is 1. The van der Waals surface area contributed by atoms with E-state index in [1.807, 2.05) is 82.3 Å². The van der Waals surface area contributed by atoms with Crippen molar-refractivity contribution in [3.63, 3.8) is 0 Å². The molecule has 0 saturated carbocycles. The highest BCUT2D eigenvalue weighted by Crippen LogP contribution is 2.26. The lowest BCUT2D eigenvalue weighted by molar-refractivity contribution is 0.0935. The van der Waals surface area contributed by atoms with Gasteiger partial charge in [-0.15, -0.1) is 0 Å². The topological polar surface area (TPSA) is 66.5 Å². The number of benzene rings is 3. The number of hydrogen-bond donors (Lipinski definition) is 1. The maximum Gasteiger partial charge on any atom is 0.251 e. The monoisotopic (exact) mass is 464 g/mol.